The van der Waals surface area contributed by atoms with Crippen LogP contribution in [0.5, 0.6) is 0 Å². The summed E-state index contributed by atoms with van der Waals surface area (Å²) in [5.41, 5.74) is 0.669. The van der Waals surface area contributed by atoms with Crippen LogP contribution in [0.2, 0.25) is 0 Å². The van der Waals surface area contributed by atoms with Crippen molar-refractivity contribution >= 4 is 0 Å². The highest BCUT2D eigenvalue weighted by Crippen LogP contribution is 2.19. The normalized spacial score (nSPS) is 14.2. The van der Waals surface area contributed by atoms with Crippen molar-refractivity contribution in [3.05, 3.63) is 35.9 Å². The summed E-state index contributed by atoms with van der Waals surface area (Å²) in [6.45, 7) is 2.74. The molecule has 0 radical (unpaired) electrons. The monoisotopic (exact) mass is 203 g/mol. The number of nitrogens with one attached hydrogen (secondary N) is 1. The van der Waals surface area contributed by atoms with E-state index in [-0.39, 0.29) is 6.61 Å². The molecule has 0 aliphatic rings. The molecule has 0 fully saturated rings. The molecule has 2 N–H and O–H groups in total. The number of benzene rings is 1. The Labute approximate surface area is 91.3 Å². The second-order valence-electron chi connectivity index (χ2n) is 3.74. The highest BCUT2D eigenvalue weighted by atomic mass is 16.3. The lowest BCUT2D eigenvalue weighted by Crippen LogP contribution is -2.43. The van der Waals surface area contributed by atoms with E-state index in [0.717, 1.165) is 5.56 Å². The van der Waals surface area contributed by atoms with Gasteiger partial charge in [-0.05, 0) is 12.5 Å². The molecule has 15 heavy (non-hydrogen) atoms. The Morgan fingerprint density at radius 3 is 2.60 bits per heavy atom. The average Bonchev–Trinajstić information content (AvgIpc) is 2.30. The van der Waals surface area contributed by atoms with E-state index < -0.39 is 5.54 Å². The smallest absolute Gasteiger partial charge is 0.0652 e. The SMILES string of the molecule is C#CCCNC(C)(CO)c1ccccc1. The van der Waals surface area contributed by atoms with Gasteiger partial charge in [0.05, 0.1) is 12.1 Å². The Balaban J connectivity index is 2.73. The highest BCUT2D eigenvalue weighted by Gasteiger charge is 2.23. The van der Waals surface area contributed by atoms with E-state index in [9.17, 15) is 5.11 Å². The van der Waals surface area contributed by atoms with Gasteiger partial charge in [0.2, 0.25) is 0 Å². The van der Waals surface area contributed by atoms with Gasteiger partial charge in [-0.1, -0.05) is 30.3 Å². The van der Waals surface area contributed by atoms with Gasteiger partial charge in [-0.2, -0.15) is 0 Å². The highest BCUT2D eigenvalue weighted by molar-refractivity contribution is 5.23. The summed E-state index contributed by atoms with van der Waals surface area (Å²) in [5.74, 6) is 2.57. The minimum absolute atomic E-state index is 0.0571. The Morgan fingerprint density at radius 1 is 1.40 bits per heavy atom. The lowest BCUT2D eigenvalue weighted by molar-refractivity contribution is 0.176. The average molecular weight is 203 g/mol. The molecule has 0 bridgehead atoms. The van der Waals surface area contributed by atoms with Crippen LogP contribution in [0.15, 0.2) is 30.3 Å². The molecule has 0 aromatic heterocycles. The van der Waals surface area contributed by atoms with Crippen molar-refractivity contribution in [1.29, 1.82) is 0 Å². The molecular weight excluding hydrogens is 186 g/mol. The number of aliphatic hydroxyl groups is 1. The van der Waals surface area contributed by atoms with Gasteiger partial charge in [0, 0.05) is 13.0 Å². The van der Waals surface area contributed by atoms with Crippen LogP contribution in [-0.4, -0.2) is 18.3 Å². The molecule has 2 heteroatoms. The zero-order chi connectivity index (χ0) is 11.1. The zero-order valence-corrected chi connectivity index (χ0v) is 9.03. The summed E-state index contributed by atoms with van der Waals surface area (Å²) in [6.07, 6.45) is 5.85. The zero-order valence-electron chi connectivity index (χ0n) is 9.03. The van der Waals surface area contributed by atoms with E-state index in [1.54, 1.807) is 0 Å². The molecule has 0 aliphatic carbocycles. The van der Waals surface area contributed by atoms with Crippen LogP contribution < -0.4 is 5.32 Å². The van der Waals surface area contributed by atoms with Crippen LogP contribution in [-0.2, 0) is 5.54 Å². The quantitative estimate of drug-likeness (QED) is 0.561. The standard InChI is InChI=1S/C13H17NO/c1-3-4-10-14-13(2,11-15)12-8-6-5-7-9-12/h1,5-9,14-15H,4,10-11H2,2H3. The van der Waals surface area contributed by atoms with Crippen LogP contribution in [0.4, 0.5) is 0 Å². The van der Waals surface area contributed by atoms with E-state index >= 15 is 0 Å². The maximum atomic E-state index is 9.42. The van der Waals surface area contributed by atoms with Crippen molar-refractivity contribution in [2.24, 2.45) is 0 Å². The van der Waals surface area contributed by atoms with E-state index in [2.05, 4.69) is 11.2 Å². The fourth-order valence-electron chi connectivity index (χ4n) is 1.47. The van der Waals surface area contributed by atoms with Crippen molar-refractivity contribution in [1.82, 2.24) is 5.32 Å². The molecule has 1 atom stereocenters. The molecule has 0 saturated heterocycles. The summed E-state index contributed by atoms with van der Waals surface area (Å²) >= 11 is 0. The first-order valence-corrected chi connectivity index (χ1v) is 5.08. The van der Waals surface area contributed by atoms with Crippen molar-refractivity contribution in [3.8, 4) is 12.3 Å². The summed E-state index contributed by atoms with van der Waals surface area (Å²) in [4.78, 5) is 0. The maximum Gasteiger partial charge on any atom is 0.0652 e. The molecule has 0 aliphatic heterocycles. The Kier molecular flexibility index (Phi) is 4.36. The van der Waals surface area contributed by atoms with Gasteiger partial charge in [0.1, 0.15) is 0 Å². The maximum absolute atomic E-state index is 9.42. The number of hydrogen-bond acceptors (Lipinski definition) is 2. The second-order valence-corrected chi connectivity index (χ2v) is 3.74. The Bertz CT molecular complexity index is 328. The van der Waals surface area contributed by atoms with Crippen LogP contribution in [0.25, 0.3) is 0 Å². The molecule has 1 aromatic carbocycles. The second kappa shape index (κ2) is 5.55. The number of aliphatic hydroxyl groups excluding tert-OH is 1. The number of rotatable bonds is 5. The summed E-state index contributed by atoms with van der Waals surface area (Å²) in [5, 5.41) is 12.7. The first-order chi connectivity index (χ1) is 7.23. The summed E-state index contributed by atoms with van der Waals surface area (Å²) in [7, 11) is 0. The summed E-state index contributed by atoms with van der Waals surface area (Å²) in [6, 6.07) is 9.89. The van der Waals surface area contributed by atoms with E-state index in [1.165, 1.54) is 0 Å². The van der Waals surface area contributed by atoms with Gasteiger partial charge in [-0.15, -0.1) is 12.3 Å². The fourth-order valence-corrected chi connectivity index (χ4v) is 1.47. The minimum atomic E-state index is -0.405. The predicted octanol–water partition coefficient (Wildman–Crippen LogP) is 1.51. The summed E-state index contributed by atoms with van der Waals surface area (Å²) < 4.78 is 0. The molecule has 0 heterocycles. The molecular formula is C13H17NO. The lowest BCUT2D eigenvalue weighted by Gasteiger charge is -2.29. The topological polar surface area (TPSA) is 32.3 Å². The van der Waals surface area contributed by atoms with Crippen LogP contribution >= 0.6 is 0 Å². The van der Waals surface area contributed by atoms with Crippen molar-refractivity contribution in [2.75, 3.05) is 13.2 Å². The lowest BCUT2D eigenvalue weighted by atomic mass is 9.93. The minimum Gasteiger partial charge on any atom is -0.394 e. The van der Waals surface area contributed by atoms with Gasteiger partial charge >= 0.3 is 0 Å². The Hall–Kier alpha value is -1.30. The molecule has 0 amide bonds. The third-order valence-electron chi connectivity index (χ3n) is 2.51. The first kappa shape index (κ1) is 11.8. The first-order valence-electron chi connectivity index (χ1n) is 5.08. The van der Waals surface area contributed by atoms with Gasteiger partial charge < -0.3 is 10.4 Å². The van der Waals surface area contributed by atoms with Gasteiger partial charge in [-0.3, -0.25) is 0 Å². The van der Waals surface area contributed by atoms with Gasteiger partial charge in [0.15, 0.2) is 0 Å². The predicted molar refractivity (Wildman–Crippen MR) is 62.3 cm³/mol. The van der Waals surface area contributed by atoms with E-state index in [1.807, 2.05) is 37.3 Å². The fraction of sp³-hybridized carbons (Fsp3) is 0.385. The van der Waals surface area contributed by atoms with Gasteiger partial charge in [-0.25, -0.2) is 0 Å². The molecule has 1 rings (SSSR count). The largest absolute Gasteiger partial charge is 0.394 e. The van der Waals surface area contributed by atoms with E-state index in [4.69, 9.17) is 6.42 Å². The van der Waals surface area contributed by atoms with Crippen molar-refractivity contribution in [3.63, 3.8) is 0 Å². The molecule has 2 nitrogen and oxygen atoms in total. The molecule has 0 saturated carbocycles. The number of terminal acetylenes is 1. The Morgan fingerprint density at radius 2 is 2.07 bits per heavy atom. The molecule has 1 unspecified atom stereocenters. The number of hydrogen-bond donors (Lipinski definition) is 2. The van der Waals surface area contributed by atoms with Crippen LogP contribution in [0.3, 0.4) is 0 Å². The van der Waals surface area contributed by atoms with Crippen LogP contribution in [0, 0.1) is 12.3 Å². The third kappa shape index (κ3) is 3.09. The molecule has 0 spiro atoms. The molecule has 1 aromatic rings. The van der Waals surface area contributed by atoms with E-state index in [0.29, 0.717) is 13.0 Å². The van der Waals surface area contributed by atoms with Crippen molar-refractivity contribution in [2.45, 2.75) is 18.9 Å². The third-order valence-corrected chi connectivity index (χ3v) is 2.51. The van der Waals surface area contributed by atoms with Crippen LogP contribution in [0.1, 0.15) is 18.9 Å². The van der Waals surface area contributed by atoms with Gasteiger partial charge in [0.25, 0.3) is 0 Å². The van der Waals surface area contributed by atoms with Crippen molar-refractivity contribution < 1.29 is 5.11 Å². The molecule has 80 valence electrons.